The van der Waals surface area contributed by atoms with Gasteiger partial charge in [-0.05, 0) is 32.6 Å². The molecule has 0 unspecified atom stereocenters. The topological polar surface area (TPSA) is 72.7 Å². The number of nitrogens with zero attached hydrogens (tertiary/aromatic N) is 4. The Hall–Kier alpha value is -1.24. The normalized spacial score (nSPS) is 26.2. The fourth-order valence-corrected chi connectivity index (χ4v) is 3.95. The van der Waals surface area contributed by atoms with Crippen molar-refractivity contribution in [2.75, 3.05) is 37.7 Å². The van der Waals surface area contributed by atoms with E-state index < -0.39 is 5.60 Å². The molecule has 2 saturated heterocycles. The van der Waals surface area contributed by atoms with Crippen molar-refractivity contribution in [2.45, 2.75) is 57.6 Å². The van der Waals surface area contributed by atoms with Crippen molar-refractivity contribution in [1.29, 1.82) is 0 Å². The minimum Gasteiger partial charge on any atom is -0.393 e. The monoisotopic (exact) mass is 334 g/mol. The van der Waals surface area contributed by atoms with E-state index in [1.807, 2.05) is 6.92 Å². The Morgan fingerprint density at radius 1 is 1.25 bits per heavy atom. The van der Waals surface area contributed by atoms with Gasteiger partial charge in [0, 0.05) is 44.0 Å². The maximum absolute atomic E-state index is 10.2. The number of rotatable bonds is 5. The van der Waals surface area contributed by atoms with Gasteiger partial charge in [0.1, 0.15) is 17.2 Å². The standard InChI is InChI=1S/C18H30N4O2/c1-3-4-15-11-17(20-14(2)19-15)21-8-5-16(6-9-21)22-10-7-18(24,12-22)13-23/h11,16,23-24H,3-10,12-13H2,1-2H3/t18-/m0/s1. The van der Waals surface area contributed by atoms with Gasteiger partial charge < -0.3 is 15.1 Å². The van der Waals surface area contributed by atoms with Crippen LogP contribution in [0.4, 0.5) is 5.82 Å². The second-order valence-corrected chi connectivity index (χ2v) is 7.34. The Morgan fingerprint density at radius 2 is 2.00 bits per heavy atom. The van der Waals surface area contributed by atoms with Crippen molar-refractivity contribution in [3.63, 3.8) is 0 Å². The van der Waals surface area contributed by atoms with E-state index in [2.05, 4.69) is 32.8 Å². The van der Waals surface area contributed by atoms with Crippen molar-refractivity contribution >= 4 is 5.82 Å². The van der Waals surface area contributed by atoms with Gasteiger partial charge >= 0.3 is 0 Å². The summed E-state index contributed by atoms with van der Waals surface area (Å²) in [5.41, 5.74) is 0.241. The van der Waals surface area contributed by atoms with Gasteiger partial charge in [-0.1, -0.05) is 13.3 Å². The van der Waals surface area contributed by atoms with E-state index in [1.165, 1.54) is 0 Å². The second-order valence-electron chi connectivity index (χ2n) is 7.34. The van der Waals surface area contributed by atoms with Crippen LogP contribution in [0.1, 0.15) is 44.1 Å². The summed E-state index contributed by atoms with van der Waals surface area (Å²) in [6, 6.07) is 2.64. The Balaban J connectivity index is 1.59. The minimum atomic E-state index is -0.893. The number of hydrogen-bond acceptors (Lipinski definition) is 6. The zero-order valence-corrected chi connectivity index (χ0v) is 14.9. The van der Waals surface area contributed by atoms with Gasteiger partial charge in [-0.3, -0.25) is 4.90 Å². The van der Waals surface area contributed by atoms with E-state index in [-0.39, 0.29) is 6.61 Å². The zero-order chi connectivity index (χ0) is 17.2. The first-order valence-electron chi connectivity index (χ1n) is 9.20. The Labute approximate surface area is 144 Å². The lowest BCUT2D eigenvalue weighted by molar-refractivity contribution is -0.00940. The first kappa shape index (κ1) is 17.6. The van der Waals surface area contributed by atoms with Crippen molar-refractivity contribution in [1.82, 2.24) is 14.9 Å². The number of aromatic nitrogens is 2. The highest BCUT2D eigenvalue weighted by Gasteiger charge is 2.39. The van der Waals surface area contributed by atoms with E-state index in [9.17, 15) is 10.2 Å². The first-order valence-corrected chi connectivity index (χ1v) is 9.20. The molecule has 2 N–H and O–H groups in total. The van der Waals surface area contributed by atoms with Crippen molar-refractivity contribution in [3.8, 4) is 0 Å². The van der Waals surface area contributed by atoms with Gasteiger partial charge in [0.25, 0.3) is 0 Å². The molecule has 2 aliphatic rings. The van der Waals surface area contributed by atoms with Crippen LogP contribution in [0.5, 0.6) is 0 Å². The van der Waals surface area contributed by atoms with E-state index >= 15 is 0 Å². The zero-order valence-electron chi connectivity index (χ0n) is 14.9. The van der Waals surface area contributed by atoms with Crippen LogP contribution in [-0.4, -0.2) is 69.5 Å². The Kier molecular flexibility index (Phi) is 5.37. The average Bonchev–Trinajstić information content (AvgIpc) is 2.98. The molecule has 6 heteroatoms. The molecule has 2 fully saturated rings. The fourth-order valence-electron chi connectivity index (χ4n) is 3.95. The van der Waals surface area contributed by atoms with Crippen LogP contribution in [-0.2, 0) is 6.42 Å². The van der Waals surface area contributed by atoms with Gasteiger partial charge in [0.15, 0.2) is 0 Å². The van der Waals surface area contributed by atoms with Gasteiger partial charge in [-0.15, -0.1) is 0 Å². The molecule has 0 spiro atoms. The number of piperidine rings is 1. The first-order chi connectivity index (χ1) is 11.5. The van der Waals surface area contributed by atoms with Crippen LogP contribution < -0.4 is 4.90 Å². The summed E-state index contributed by atoms with van der Waals surface area (Å²) in [5.74, 6) is 1.91. The van der Waals surface area contributed by atoms with Gasteiger partial charge in [-0.2, -0.15) is 0 Å². The van der Waals surface area contributed by atoms with Gasteiger partial charge in [0.2, 0.25) is 0 Å². The van der Waals surface area contributed by atoms with Crippen molar-refractivity contribution in [3.05, 3.63) is 17.6 Å². The summed E-state index contributed by atoms with van der Waals surface area (Å²) < 4.78 is 0. The molecule has 1 aromatic heterocycles. The van der Waals surface area contributed by atoms with Crippen molar-refractivity contribution < 1.29 is 10.2 Å². The predicted octanol–water partition coefficient (Wildman–Crippen LogP) is 1.14. The molecule has 1 atom stereocenters. The summed E-state index contributed by atoms with van der Waals surface area (Å²) in [6.45, 7) is 7.46. The molecule has 0 bridgehead atoms. The van der Waals surface area contributed by atoms with Gasteiger partial charge in [0.05, 0.1) is 6.61 Å². The van der Waals surface area contributed by atoms with Crippen LogP contribution in [0.3, 0.4) is 0 Å². The molecule has 0 amide bonds. The second kappa shape index (κ2) is 7.33. The molecule has 0 aromatic carbocycles. The third kappa shape index (κ3) is 3.87. The maximum Gasteiger partial charge on any atom is 0.132 e. The molecule has 0 radical (unpaired) electrons. The number of hydrogen-bond donors (Lipinski definition) is 2. The lowest BCUT2D eigenvalue weighted by Crippen LogP contribution is -2.46. The summed E-state index contributed by atoms with van der Waals surface area (Å²) in [6.07, 6.45) is 4.93. The van der Waals surface area contributed by atoms with E-state index in [1.54, 1.807) is 0 Å². The van der Waals surface area contributed by atoms with E-state index in [0.717, 1.165) is 62.7 Å². The number of β-amino-alcohol motifs (C(OH)–C–C–N with tert-alkyl or cyclic N) is 1. The number of aryl methyl sites for hydroxylation is 2. The molecular weight excluding hydrogens is 304 g/mol. The molecule has 2 aliphatic heterocycles. The average molecular weight is 334 g/mol. The number of aliphatic hydroxyl groups is 2. The van der Waals surface area contributed by atoms with E-state index in [4.69, 9.17) is 0 Å². The highest BCUT2D eigenvalue weighted by molar-refractivity contribution is 5.40. The number of aliphatic hydroxyl groups excluding tert-OH is 1. The van der Waals surface area contributed by atoms with Gasteiger partial charge in [-0.25, -0.2) is 9.97 Å². The highest BCUT2D eigenvalue weighted by Crippen LogP contribution is 2.28. The molecule has 6 nitrogen and oxygen atoms in total. The molecule has 134 valence electrons. The largest absolute Gasteiger partial charge is 0.393 e. The number of likely N-dealkylation sites (tertiary alicyclic amines) is 1. The van der Waals surface area contributed by atoms with Crippen LogP contribution in [0.15, 0.2) is 6.07 Å². The highest BCUT2D eigenvalue weighted by atomic mass is 16.3. The SMILES string of the molecule is CCCc1cc(N2CCC(N3CC[C@@](O)(CO)C3)CC2)nc(C)n1. The Morgan fingerprint density at radius 3 is 2.62 bits per heavy atom. The van der Waals surface area contributed by atoms with Crippen LogP contribution in [0, 0.1) is 6.92 Å². The lowest BCUT2D eigenvalue weighted by Gasteiger charge is -2.37. The van der Waals surface area contributed by atoms with Crippen LogP contribution in [0.2, 0.25) is 0 Å². The molecule has 0 saturated carbocycles. The summed E-state index contributed by atoms with van der Waals surface area (Å²) in [5, 5.41) is 19.6. The summed E-state index contributed by atoms with van der Waals surface area (Å²) in [7, 11) is 0. The minimum absolute atomic E-state index is 0.136. The third-order valence-electron chi connectivity index (χ3n) is 5.34. The molecule has 1 aromatic rings. The predicted molar refractivity (Wildman–Crippen MR) is 94.2 cm³/mol. The van der Waals surface area contributed by atoms with Crippen molar-refractivity contribution in [2.24, 2.45) is 0 Å². The Bertz CT molecular complexity index is 560. The van der Waals surface area contributed by atoms with Crippen LogP contribution >= 0.6 is 0 Å². The molecular formula is C18H30N4O2. The molecule has 0 aliphatic carbocycles. The lowest BCUT2D eigenvalue weighted by atomic mass is 10.0. The number of anilines is 1. The molecule has 3 heterocycles. The van der Waals surface area contributed by atoms with Crippen LogP contribution in [0.25, 0.3) is 0 Å². The third-order valence-corrected chi connectivity index (χ3v) is 5.34. The fraction of sp³-hybridized carbons (Fsp3) is 0.778. The molecule has 3 rings (SSSR count). The summed E-state index contributed by atoms with van der Waals surface area (Å²) in [4.78, 5) is 13.9. The smallest absolute Gasteiger partial charge is 0.132 e. The quantitative estimate of drug-likeness (QED) is 0.841. The maximum atomic E-state index is 10.2. The molecule has 24 heavy (non-hydrogen) atoms. The van der Waals surface area contributed by atoms with E-state index in [0.29, 0.717) is 19.0 Å². The summed E-state index contributed by atoms with van der Waals surface area (Å²) >= 11 is 0.